The molecule has 0 bridgehead atoms. The molecule has 0 fully saturated rings. The van der Waals surface area contributed by atoms with E-state index in [0.29, 0.717) is 35.8 Å². The monoisotopic (exact) mass is 385 g/mol. The first kappa shape index (κ1) is 21.0. The highest BCUT2D eigenvalue weighted by Crippen LogP contribution is 2.13. The molecule has 0 atom stereocenters. The lowest BCUT2D eigenvalue weighted by Crippen LogP contribution is -2.31. The van der Waals surface area contributed by atoms with E-state index in [4.69, 9.17) is 14.2 Å². The van der Waals surface area contributed by atoms with E-state index in [9.17, 15) is 14.4 Å². The van der Waals surface area contributed by atoms with Gasteiger partial charge in [-0.25, -0.2) is 0 Å². The summed E-state index contributed by atoms with van der Waals surface area (Å²) >= 11 is 0. The van der Waals surface area contributed by atoms with Crippen LogP contribution in [0, 0.1) is 0 Å². The molecule has 0 heterocycles. The number of Topliss-reactive ketones (excluding diaryl/α,β-unsaturated/α-hetero) is 1. The number of nitrogens with one attached hydrogen (secondary N) is 1. The number of ketones is 1. The van der Waals surface area contributed by atoms with Crippen LogP contribution in [0.1, 0.15) is 34.6 Å². The fourth-order valence-electron chi connectivity index (χ4n) is 2.31. The highest BCUT2D eigenvalue weighted by Gasteiger charge is 2.12. The molecule has 7 heteroatoms. The molecule has 0 spiro atoms. The third-order valence-electron chi connectivity index (χ3n) is 3.67. The molecule has 148 valence electrons. The summed E-state index contributed by atoms with van der Waals surface area (Å²) in [5.74, 6) is -0.134. The van der Waals surface area contributed by atoms with Crippen LogP contribution < -0.4 is 14.8 Å². The van der Waals surface area contributed by atoms with Gasteiger partial charge in [0.05, 0.1) is 13.2 Å². The molecule has 7 nitrogen and oxygen atoms in total. The molecule has 1 amide bonds. The molecule has 0 aliphatic rings. The smallest absolute Gasteiger partial charge is 0.325 e. The van der Waals surface area contributed by atoms with Gasteiger partial charge in [0.1, 0.15) is 18.0 Å². The van der Waals surface area contributed by atoms with Gasteiger partial charge in [-0.05, 0) is 62.4 Å². The first-order valence-corrected chi connectivity index (χ1v) is 8.96. The number of hydrogen-bond acceptors (Lipinski definition) is 6. The molecular weight excluding hydrogens is 362 g/mol. The third-order valence-corrected chi connectivity index (χ3v) is 3.67. The lowest BCUT2D eigenvalue weighted by molar-refractivity contribution is -0.141. The van der Waals surface area contributed by atoms with Gasteiger partial charge in [-0.3, -0.25) is 14.4 Å². The zero-order chi connectivity index (χ0) is 20.4. The number of hydrogen-bond donors (Lipinski definition) is 1. The number of esters is 1. The van der Waals surface area contributed by atoms with Crippen LogP contribution in [0.15, 0.2) is 48.5 Å². The van der Waals surface area contributed by atoms with Crippen molar-refractivity contribution in [3.05, 3.63) is 59.7 Å². The average Bonchev–Trinajstić information content (AvgIpc) is 2.72. The number of benzene rings is 2. The number of carbonyl (C=O) groups is 3. The Bertz CT molecular complexity index is 731. The minimum atomic E-state index is -0.696. The Hall–Kier alpha value is -3.35. The van der Waals surface area contributed by atoms with Gasteiger partial charge in [0.15, 0.2) is 12.4 Å². The molecule has 1 N–H and O–H groups in total. The van der Waals surface area contributed by atoms with Crippen LogP contribution in [-0.4, -0.2) is 44.0 Å². The minimum Gasteiger partial charge on any atom is -0.494 e. The third kappa shape index (κ3) is 6.42. The second-order valence-electron chi connectivity index (χ2n) is 5.68. The van der Waals surface area contributed by atoms with Gasteiger partial charge in [-0.15, -0.1) is 0 Å². The first-order chi connectivity index (χ1) is 13.5. The highest BCUT2D eigenvalue weighted by molar-refractivity contribution is 5.99. The van der Waals surface area contributed by atoms with Crippen molar-refractivity contribution in [3.8, 4) is 11.5 Å². The molecule has 0 aliphatic heterocycles. The Balaban J connectivity index is 1.75. The molecule has 0 radical (unpaired) electrons. The Morgan fingerprint density at radius 2 is 1.29 bits per heavy atom. The van der Waals surface area contributed by atoms with E-state index in [1.54, 1.807) is 48.5 Å². The van der Waals surface area contributed by atoms with Crippen LogP contribution in [0.5, 0.6) is 11.5 Å². The SMILES string of the molecule is CCOc1ccc(C(=O)COC(=O)CNC(=O)c2ccc(OCC)cc2)cc1. The van der Waals surface area contributed by atoms with Crippen LogP contribution in [-0.2, 0) is 9.53 Å². The van der Waals surface area contributed by atoms with Gasteiger partial charge < -0.3 is 19.5 Å². The minimum absolute atomic E-state index is 0.331. The van der Waals surface area contributed by atoms with E-state index in [0.717, 1.165) is 0 Å². The largest absolute Gasteiger partial charge is 0.494 e. The molecule has 0 aromatic heterocycles. The maximum absolute atomic E-state index is 12.0. The van der Waals surface area contributed by atoms with E-state index in [1.807, 2.05) is 13.8 Å². The van der Waals surface area contributed by atoms with Gasteiger partial charge in [0.2, 0.25) is 0 Å². The highest BCUT2D eigenvalue weighted by atomic mass is 16.5. The van der Waals surface area contributed by atoms with E-state index < -0.39 is 18.5 Å². The summed E-state index contributed by atoms with van der Waals surface area (Å²) in [5.41, 5.74) is 0.802. The topological polar surface area (TPSA) is 90.9 Å². The fraction of sp³-hybridized carbons (Fsp3) is 0.286. The number of rotatable bonds is 10. The predicted molar refractivity (Wildman–Crippen MR) is 103 cm³/mol. The Labute approximate surface area is 163 Å². The number of ether oxygens (including phenoxy) is 3. The maximum atomic E-state index is 12.0. The zero-order valence-electron chi connectivity index (χ0n) is 15.9. The van der Waals surface area contributed by atoms with Crippen molar-refractivity contribution in [1.29, 1.82) is 0 Å². The summed E-state index contributed by atoms with van der Waals surface area (Å²) in [6.07, 6.45) is 0. The van der Waals surface area contributed by atoms with Crippen LogP contribution in [0.2, 0.25) is 0 Å². The van der Waals surface area contributed by atoms with E-state index in [1.165, 1.54) is 0 Å². The van der Waals surface area contributed by atoms with Crippen LogP contribution in [0.3, 0.4) is 0 Å². The van der Waals surface area contributed by atoms with Crippen molar-refractivity contribution < 1.29 is 28.6 Å². The summed E-state index contributed by atoms with van der Waals surface area (Å²) in [6, 6.07) is 13.1. The standard InChI is InChI=1S/C21H23NO6/c1-3-26-17-9-5-15(6-10-17)19(23)14-28-20(24)13-22-21(25)16-7-11-18(12-8-16)27-4-2/h5-12H,3-4,13-14H2,1-2H3,(H,22,25). The molecule has 0 aliphatic carbocycles. The number of carbonyl (C=O) groups excluding carboxylic acids is 3. The summed E-state index contributed by atoms with van der Waals surface area (Å²) < 4.78 is 15.5. The predicted octanol–water partition coefficient (Wildman–Crippen LogP) is 2.64. The van der Waals surface area contributed by atoms with Crippen LogP contribution in [0.4, 0.5) is 0 Å². The van der Waals surface area contributed by atoms with E-state index in [-0.39, 0.29) is 12.3 Å². The second kappa shape index (κ2) is 10.7. The zero-order valence-corrected chi connectivity index (χ0v) is 15.9. The summed E-state index contributed by atoms with van der Waals surface area (Å²) in [7, 11) is 0. The van der Waals surface area contributed by atoms with Crippen molar-refractivity contribution in [2.45, 2.75) is 13.8 Å². The van der Waals surface area contributed by atoms with Crippen LogP contribution >= 0.6 is 0 Å². The fourth-order valence-corrected chi connectivity index (χ4v) is 2.31. The first-order valence-electron chi connectivity index (χ1n) is 8.96. The van der Waals surface area contributed by atoms with Crippen molar-refractivity contribution in [2.75, 3.05) is 26.4 Å². The summed E-state index contributed by atoms with van der Waals surface area (Å²) in [5, 5.41) is 2.45. The van der Waals surface area contributed by atoms with Gasteiger partial charge in [-0.2, -0.15) is 0 Å². The van der Waals surface area contributed by atoms with Crippen molar-refractivity contribution in [1.82, 2.24) is 5.32 Å². The summed E-state index contributed by atoms with van der Waals surface area (Å²) in [6.45, 7) is 4.08. The van der Waals surface area contributed by atoms with Crippen LogP contribution in [0.25, 0.3) is 0 Å². The molecule has 2 rings (SSSR count). The number of amides is 1. The van der Waals surface area contributed by atoms with Gasteiger partial charge >= 0.3 is 5.97 Å². The lowest BCUT2D eigenvalue weighted by Gasteiger charge is -2.08. The quantitative estimate of drug-likeness (QED) is 0.499. The molecule has 2 aromatic rings. The van der Waals surface area contributed by atoms with Crippen molar-refractivity contribution >= 4 is 17.7 Å². The second-order valence-corrected chi connectivity index (χ2v) is 5.68. The summed E-state index contributed by atoms with van der Waals surface area (Å²) in [4.78, 5) is 35.8. The molecular formula is C21H23NO6. The lowest BCUT2D eigenvalue weighted by atomic mass is 10.1. The van der Waals surface area contributed by atoms with Gasteiger partial charge in [0.25, 0.3) is 5.91 Å². The molecule has 0 saturated carbocycles. The van der Waals surface area contributed by atoms with Gasteiger partial charge in [0, 0.05) is 11.1 Å². The van der Waals surface area contributed by atoms with Crippen molar-refractivity contribution in [2.24, 2.45) is 0 Å². The average molecular weight is 385 g/mol. The molecule has 0 unspecified atom stereocenters. The van der Waals surface area contributed by atoms with Gasteiger partial charge in [-0.1, -0.05) is 0 Å². The Morgan fingerprint density at radius 3 is 1.79 bits per heavy atom. The van der Waals surface area contributed by atoms with Crippen molar-refractivity contribution in [3.63, 3.8) is 0 Å². The molecule has 28 heavy (non-hydrogen) atoms. The molecule has 2 aromatic carbocycles. The Kier molecular flexibility index (Phi) is 8.02. The Morgan fingerprint density at radius 1 is 0.786 bits per heavy atom. The normalized spacial score (nSPS) is 10.1. The molecule has 0 saturated heterocycles. The maximum Gasteiger partial charge on any atom is 0.325 e. The van der Waals surface area contributed by atoms with E-state index >= 15 is 0 Å². The van der Waals surface area contributed by atoms with E-state index in [2.05, 4.69) is 5.32 Å².